The van der Waals surface area contributed by atoms with Gasteiger partial charge in [0.25, 0.3) is 5.91 Å². The molecule has 4 rings (SSSR count). The zero-order chi connectivity index (χ0) is 17.1. The molecule has 2 heterocycles. The van der Waals surface area contributed by atoms with Crippen molar-refractivity contribution >= 4 is 5.91 Å². The first kappa shape index (κ1) is 15.5. The molecule has 0 spiro atoms. The van der Waals surface area contributed by atoms with Crippen molar-refractivity contribution in [3.05, 3.63) is 78.4 Å². The van der Waals surface area contributed by atoms with E-state index >= 15 is 0 Å². The van der Waals surface area contributed by atoms with Gasteiger partial charge in [-0.2, -0.15) is 5.10 Å². The lowest BCUT2D eigenvalue weighted by Crippen LogP contribution is -2.48. The lowest BCUT2D eigenvalue weighted by atomic mass is 10.0. The fourth-order valence-corrected chi connectivity index (χ4v) is 3.20. The van der Waals surface area contributed by atoms with E-state index < -0.39 is 0 Å². The highest BCUT2D eigenvalue weighted by Gasteiger charge is 2.26. The number of carbonyl (C=O) groups is 1. The van der Waals surface area contributed by atoms with Crippen LogP contribution in [0, 0.1) is 0 Å². The van der Waals surface area contributed by atoms with Crippen LogP contribution in [0.1, 0.15) is 22.0 Å². The number of benzene rings is 2. The van der Waals surface area contributed by atoms with Gasteiger partial charge in [-0.15, -0.1) is 0 Å². The summed E-state index contributed by atoms with van der Waals surface area (Å²) in [4.78, 5) is 19.0. The Balaban J connectivity index is 1.59. The van der Waals surface area contributed by atoms with Gasteiger partial charge in [-0.05, 0) is 17.7 Å². The van der Waals surface area contributed by atoms with Crippen LogP contribution in [0.4, 0.5) is 0 Å². The normalized spacial score (nSPS) is 17.4. The molecule has 3 aromatic rings. The third kappa shape index (κ3) is 3.16. The van der Waals surface area contributed by atoms with Crippen molar-refractivity contribution in [1.29, 1.82) is 0 Å². The number of piperazine rings is 1. The van der Waals surface area contributed by atoms with Gasteiger partial charge in [0, 0.05) is 25.7 Å². The fraction of sp³-hybridized carbons (Fsp3) is 0.211. The molecule has 0 bridgehead atoms. The number of amides is 1. The van der Waals surface area contributed by atoms with Crippen LogP contribution < -0.4 is 5.32 Å². The molecular formula is C19H19N5O. The first-order chi connectivity index (χ1) is 12.3. The molecular weight excluding hydrogens is 314 g/mol. The smallest absolute Gasteiger partial charge is 0.256 e. The Morgan fingerprint density at radius 1 is 1.08 bits per heavy atom. The summed E-state index contributed by atoms with van der Waals surface area (Å²) in [6.45, 7) is 2.11. The van der Waals surface area contributed by atoms with Gasteiger partial charge in [0.15, 0.2) is 0 Å². The maximum Gasteiger partial charge on any atom is 0.256 e. The van der Waals surface area contributed by atoms with Crippen LogP contribution >= 0.6 is 0 Å². The van der Waals surface area contributed by atoms with Crippen molar-refractivity contribution in [2.45, 2.75) is 6.04 Å². The number of rotatable bonds is 3. The van der Waals surface area contributed by atoms with Crippen molar-refractivity contribution in [3.8, 4) is 5.69 Å². The number of hydrogen-bond acceptors (Lipinski definition) is 4. The SMILES string of the molecule is O=C(c1ccccc1-n1cncn1)N1CCN[C@H](c2ccccc2)C1. The standard InChI is InChI=1S/C19H19N5O/c25-19(16-8-4-5-9-18(16)24-14-20-13-22-24)23-11-10-21-17(12-23)15-6-2-1-3-7-15/h1-9,13-14,17,21H,10-12H2/t17-/m0/s1. The zero-order valence-corrected chi connectivity index (χ0v) is 13.7. The van der Waals surface area contributed by atoms with E-state index in [1.165, 1.54) is 11.9 Å². The van der Waals surface area contributed by atoms with Crippen molar-refractivity contribution in [1.82, 2.24) is 25.0 Å². The average molecular weight is 333 g/mol. The summed E-state index contributed by atoms with van der Waals surface area (Å²) in [6, 6.07) is 17.9. The van der Waals surface area contributed by atoms with Gasteiger partial charge in [0.2, 0.25) is 0 Å². The monoisotopic (exact) mass is 333 g/mol. The summed E-state index contributed by atoms with van der Waals surface area (Å²) in [5, 5.41) is 7.65. The van der Waals surface area contributed by atoms with Crippen LogP contribution in [0.15, 0.2) is 67.3 Å². The first-order valence-electron chi connectivity index (χ1n) is 8.34. The molecule has 25 heavy (non-hydrogen) atoms. The van der Waals surface area contributed by atoms with Crippen LogP contribution in [-0.2, 0) is 0 Å². The van der Waals surface area contributed by atoms with Gasteiger partial charge in [0.05, 0.1) is 11.3 Å². The molecule has 1 N–H and O–H groups in total. The highest BCUT2D eigenvalue weighted by atomic mass is 16.2. The van der Waals surface area contributed by atoms with E-state index in [9.17, 15) is 4.79 Å². The number of para-hydroxylation sites is 1. The second kappa shape index (κ2) is 6.86. The van der Waals surface area contributed by atoms with E-state index in [1.807, 2.05) is 47.4 Å². The highest BCUT2D eigenvalue weighted by molar-refractivity contribution is 5.97. The Morgan fingerprint density at radius 3 is 2.68 bits per heavy atom. The van der Waals surface area contributed by atoms with Crippen molar-refractivity contribution in [3.63, 3.8) is 0 Å². The predicted octanol–water partition coefficient (Wildman–Crippen LogP) is 2.05. The predicted molar refractivity (Wildman–Crippen MR) is 94.4 cm³/mol. The first-order valence-corrected chi connectivity index (χ1v) is 8.34. The van der Waals surface area contributed by atoms with Gasteiger partial charge < -0.3 is 10.2 Å². The second-order valence-electron chi connectivity index (χ2n) is 6.03. The number of carbonyl (C=O) groups excluding carboxylic acids is 1. The van der Waals surface area contributed by atoms with Gasteiger partial charge >= 0.3 is 0 Å². The number of aromatic nitrogens is 3. The maximum absolute atomic E-state index is 13.1. The molecule has 1 atom stereocenters. The molecule has 1 fully saturated rings. The van der Waals surface area contributed by atoms with Crippen LogP contribution in [-0.4, -0.2) is 45.2 Å². The molecule has 2 aromatic carbocycles. The minimum Gasteiger partial charge on any atom is -0.335 e. The Kier molecular flexibility index (Phi) is 4.26. The molecule has 126 valence electrons. The summed E-state index contributed by atoms with van der Waals surface area (Å²) >= 11 is 0. The molecule has 1 aliphatic rings. The quantitative estimate of drug-likeness (QED) is 0.797. The van der Waals surface area contributed by atoms with Gasteiger partial charge in [-0.3, -0.25) is 4.79 Å². The maximum atomic E-state index is 13.1. The van der Waals surface area contributed by atoms with E-state index in [1.54, 1.807) is 11.0 Å². The molecule has 1 aromatic heterocycles. The van der Waals surface area contributed by atoms with Crippen molar-refractivity contribution in [2.24, 2.45) is 0 Å². The molecule has 0 unspecified atom stereocenters. The lowest BCUT2D eigenvalue weighted by Gasteiger charge is -2.34. The van der Waals surface area contributed by atoms with Crippen molar-refractivity contribution < 1.29 is 4.79 Å². The second-order valence-corrected chi connectivity index (χ2v) is 6.03. The molecule has 0 radical (unpaired) electrons. The summed E-state index contributed by atoms with van der Waals surface area (Å²) in [6.07, 6.45) is 3.08. The zero-order valence-electron chi connectivity index (χ0n) is 13.7. The largest absolute Gasteiger partial charge is 0.335 e. The number of nitrogens with zero attached hydrogens (tertiary/aromatic N) is 4. The van der Waals surface area contributed by atoms with E-state index in [0.717, 1.165) is 12.2 Å². The fourth-order valence-electron chi connectivity index (χ4n) is 3.20. The molecule has 6 heteroatoms. The molecule has 6 nitrogen and oxygen atoms in total. The summed E-state index contributed by atoms with van der Waals surface area (Å²) in [5.41, 5.74) is 2.59. The van der Waals surface area contributed by atoms with Gasteiger partial charge in [0.1, 0.15) is 12.7 Å². The van der Waals surface area contributed by atoms with E-state index in [4.69, 9.17) is 0 Å². The van der Waals surface area contributed by atoms with Gasteiger partial charge in [-0.1, -0.05) is 42.5 Å². The minimum absolute atomic E-state index is 0.0218. The Morgan fingerprint density at radius 2 is 1.88 bits per heavy atom. The highest BCUT2D eigenvalue weighted by Crippen LogP contribution is 2.21. The summed E-state index contributed by atoms with van der Waals surface area (Å²) in [7, 11) is 0. The van der Waals surface area contributed by atoms with E-state index in [-0.39, 0.29) is 11.9 Å². The topological polar surface area (TPSA) is 63.1 Å². The molecule has 1 aliphatic heterocycles. The number of nitrogens with one attached hydrogen (secondary N) is 1. The van der Waals surface area contributed by atoms with Crippen LogP contribution in [0.2, 0.25) is 0 Å². The third-order valence-corrected chi connectivity index (χ3v) is 4.46. The Labute approximate surface area is 146 Å². The van der Waals surface area contributed by atoms with Crippen molar-refractivity contribution in [2.75, 3.05) is 19.6 Å². The van der Waals surface area contributed by atoms with E-state index in [0.29, 0.717) is 18.7 Å². The summed E-state index contributed by atoms with van der Waals surface area (Å²) in [5.74, 6) is 0.0218. The molecule has 0 saturated carbocycles. The molecule has 1 saturated heterocycles. The average Bonchev–Trinajstić information content (AvgIpc) is 3.23. The Hall–Kier alpha value is -2.99. The van der Waals surface area contributed by atoms with E-state index in [2.05, 4.69) is 27.5 Å². The van der Waals surface area contributed by atoms with Crippen LogP contribution in [0.3, 0.4) is 0 Å². The minimum atomic E-state index is 0.0218. The molecule has 0 aliphatic carbocycles. The van der Waals surface area contributed by atoms with Crippen LogP contribution in [0.25, 0.3) is 5.69 Å². The third-order valence-electron chi connectivity index (χ3n) is 4.46. The molecule has 1 amide bonds. The Bertz CT molecular complexity index is 847. The lowest BCUT2D eigenvalue weighted by molar-refractivity contribution is 0.0703. The van der Waals surface area contributed by atoms with Gasteiger partial charge in [-0.25, -0.2) is 9.67 Å². The van der Waals surface area contributed by atoms with Crippen LogP contribution in [0.5, 0.6) is 0 Å². The number of hydrogen-bond donors (Lipinski definition) is 1. The summed E-state index contributed by atoms with van der Waals surface area (Å²) < 4.78 is 1.63.